The van der Waals surface area contributed by atoms with E-state index in [1.807, 2.05) is 0 Å². The van der Waals surface area contributed by atoms with Crippen LogP contribution in [-0.2, 0) is 24.0 Å². The second kappa shape index (κ2) is 30.6. The van der Waals surface area contributed by atoms with Crippen molar-refractivity contribution >= 4 is 29.9 Å². The van der Waals surface area contributed by atoms with E-state index in [-0.39, 0.29) is 12.8 Å². The lowest BCUT2D eigenvalue weighted by Crippen LogP contribution is -2.53. The minimum atomic E-state index is -2.62. The van der Waals surface area contributed by atoms with Crippen LogP contribution in [0.3, 0.4) is 0 Å². The van der Waals surface area contributed by atoms with Gasteiger partial charge in [0.15, 0.2) is 22.8 Å². The van der Waals surface area contributed by atoms with E-state index in [2.05, 4.69) is 13.8 Å². The molecule has 0 saturated heterocycles. The Morgan fingerprint density at radius 1 is 0.522 bits per heavy atom. The Morgan fingerprint density at radius 2 is 0.804 bits per heavy atom. The van der Waals surface area contributed by atoms with Gasteiger partial charge in [0.1, 0.15) is 12.0 Å². The van der Waals surface area contributed by atoms with Crippen LogP contribution in [0.1, 0.15) is 194 Å². The van der Waals surface area contributed by atoms with Crippen molar-refractivity contribution in [3.8, 4) is 0 Å². The van der Waals surface area contributed by atoms with Gasteiger partial charge in [-0.1, -0.05) is 168 Å². The lowest BCUT2D eigenvalue weighted by atomic mass is 9.66. The van der Waals surface area contributed by atoms with Gasteiger partial charge in [-0.15, -0.1) is 0 Å². The highest BCUT2D eigenvalue weighted by Gasteiger charge is 2.55. The second-order valence-corrected chi connectivity index (χ2v) is 13.4. The summed E-state index contributed by atoms with van der Waals surface area (Å²) in [6.07, 6.45) is 29.5. The number of aliphatic hydroxyl groups excluding tert-OH is 2. The average molecular weight is 649 g/mol. The largest absolute Gasteiger partial charge is 0.393 e. The number of unbranched alkanes of at least 4 members (excludes halogenated alkanes) is 24. The molecule has 0 fully saturated rings. The average Bonchev–Trinajstić information content (AvgIpc) is 3.06. The summed E-state index contributed by atoms with van der Waals surface area (Å²) in [5, 5.41) is 19.2. The van der Waals surface area contributed by atoms with Gasteiger partial charge in [-0.2, -0.15) is 0 Å². The van der Waals surface area contributed by atoms with Crippen molar-refractivity contribution in [3.05, 3.63) is 0 Å². The van der Waals surface area contributed by atoms with Crippen molar-refractivity contribution in [2.45, 2.75) is 200 Å². The fourth-order valence-corrected chi connectivity index (χ4v) is 6.29. The third-order valence-electron chi connectivity index (χ3n) is 9.39. The summed E-state index contributed by atoms with van der Waals surface area (Å²) in [6.45, 7) is 3.45. The standard InChI is InChI=1S/C39H68O7/c1-3-5-7-9-11-13-15-17-19-21-23-25-27-29-36(44)39(33-42,34(31-40)38(46)35(43)32-41)37(45)30-28-26-24-22-20-18-16-14-12-10-8-6-4-2/h34-35,41,43H,3-30,32H2,1-2H3. The zero-order valence-electron chi connectivity index (χ0n) is 29.6. The summed E-state index contributed by atoms with van der Waals surface area (Å²) in [5.74, 6) is -5.01. The van der Waals surface area contributed by atoms with E-state index in [0.29, 0.717) is 12.8 Å². The molecule has 0 saturated carbocycles. The molecule has 0 heterocycles. The number of rotatable bonds is 36. The number of ketones is 3. The van der Waals surface area contributed by atoms with Crippen LogP contribution in [0.15, 0.2) is 0 Å². The molecule has 2 radical (unpaired) electrons. The predicted octanol–water partition coefficient (Wildman–Crippen LogP) is 8.83. The van der Waals surface area contributed by atoms with Crippen molar-refractivity contribution < 1.29 is 34.2 Å². The highest BCUT2D eigenvalue weighted by molar-refractivity contribution is 6.24. The highest BCUT2D eigenvalue weighted by atomic mass is 16.3. The monoisotopic (exact) mass is 648 g/mol. The minimum Gasteiger partial charge on any atom is -0.393 e. The van der Waals surface area contributed by atoms with Gasteiger partial charge in [0.25, 0.3) is 0 Å². The zero-order chi connectivity index (χ0) is 34.3. The summed E-state index contributed by atoms with van der Waals surface area (Å²) in [4.78, 5) is 63.9. The topological polar surface area (TPSA) is 126 Å². The van der Waals surface area contributed by atoms with Crippen LogP contribution < -0.4 is 0 Å². The molecule has 7 nitrogen and oxygen atoms in total. The zero-order valence-corrected chi connectivity index (χ0v) is 29.6. The van der Waals surface area contributed by atoms with Crippen LogP contribution in [0, 0.1) is 11.3 Å². The molecule has 2 N–H and O–H groups in total. The number of hydrogen-bond acceptors (Lipinski definition) is 7. The molecule has 0 aromatic rings. The van der Waals surface area contributed by atoms with Crippen molar-refractivity contribution in [2.24, 2.45) is 11.3 Å². The molecule has 0 aliphatic carbocycles. The maximum atomic E-state index is 13.4. The van der Waals surface area contributed by atoms with E-state index < -0.39 is 41.4 Å². The highest BCUT2D eigenvalue weighted by Crippen LogP contribution is 2.33. The molecule has 2 atom stereocenters. The summed E-state index contributed by atoms with van der Waals surface area (Å²) < 4.78 is 0. The fourth-order valence-electron chi connectivity index (χ4n) is 6.29. The smallest absolute Gasteiger partial charge is 0.222 e. The van der Waals surface area contributed by atoms with E-state index in [4.69, 9.17) is 0 Å². The Bertz CT molecular complexity index is 751. The van der Waals surface area contributed by atoms with Crippen LogP contribution in [0.2, 0.25) is 0 Å². The number of carbonyl (C=O) groups excluding carboxylic acids is 5. The Kier molecular flexibility index (Phi) is 29.4. The van der Waals surface area contributed by atoms with Gasteiger partial charge in [-0.3, -0.25) is 24.0 Å². The molecule has 7 heteroatoms. The van der Waals surface area contributed by atoms with Gasteiger partial charge >= 0.3 is 0 Å². The first-order valence-corrected chi connectivity index (χ1v) is 19.0. The maximum Gasteiger partial charge on any atom is 0.222 e. The number of aliphatic hydroxyl groups is 2. The maximum absolute atomic E-state index is 13.4. The number of Topliss-reactive ketones (excluding diaryl/α,β-unsaturated/α-hetero) is 3. The van der Waals surface area contributed by atoms with Crippen molar-refractivity contribution in [2.75, 3.05) is 6.61 Å². The summed E-state index contributed by atoms with van der Waals surface area (Å²) >= 11 is 0. The van der Waals surface area contributed by atoms with Crippen LogP contribution in [0.5, 0.6) is 0 Å². The number of carbonyl (C=O) groups is 3. The molecule has 0 rings (SSSR count). The van der Waals surface area contributed by atoms with Crippen LogP contribution >= 0.6 is 0 Å². The van der Waals surface area contributed by atoms with Crippen molar-refractivity contribution in [3.63, 3.8) is 0 Å². The first-order chi connectivity index (χ1) is 22.4. The first kappa shape index (κ1) is 44.3. The molecule has 0 aromatic carbocycles. The molecule has 0 aliphatic heterocycles. The van der Waals surface area contributed by atoms with Gasteiger partial charge in [-0.05, 0) is 12.8 Å². The van der Waals surface area contributed by atoms with E-state index in [1.165, 1.54) is 115 Å². The SMILES string of the molecule is CCCCCCCCCCCCCCCC(=O)C([C]=O)(C(=O)CCCCCCCCCCCCCCC)C([C]=O)C(=O)C(O)CO. The molecule has 0 aliphatic rings. The molecule has 0 bridgehead atoms. The normalized spacial score (nSPS) is 13.0. The Hall–Kier alpha value is -1.73. The molecule has 0 aromatic heterocycles. The predicted molar refractivity (Wildman–Crippen MR) is 186 cm³/mol. The Labute approximate surface area is 281 Å². The fraction of sp³-hybridized carbons (Fsp3) is 0.872. The molecule has 0 spiro atoms. The van der Waals surface area contributed by atoms with Crippen LogP contribution in [-0.4, -0.2) is 52.8 Å². The third kappa shape index (κ3) is 19.2. The van der Waals surface area contributed by atoms with Gasteiger partial charge in [0, 0.05) is 12.8 Å². The molecular formula is C39H68O7. The lowest BCUT2D eigenvalue weighted by Gasteiger charge is -2.29. The quantitative estimate of drug-likeness (QED) is 0.0513. The summed E-state index contributed by atoms with van der Waals surface area (Å²) in [5.41, 5.74) is -2.62. The van der Waals surface area contributed by atoms with E-state index >= 15 is 0 Å². The lowest BCUT2D eigenvalue weighted by molar-refractivity contribution is -0.146. The van der Waals surface area contributed by atoms with Crippen LogP contribution in [0.25, 0.3) is 0 Å². The van der Waals surface area contributed by atoms with E-state index in [9.17, 15) is 34.2 Å². The van der Waals surface area contributed by atoms with Crippen molar-refractivity contribution in [1.82, 2.24) is 0 Å². The molecular weight excluding hydrogens is 580 g/mol. The summed E-state index contributed by atoms with van der Waals surface area (Å²) in [6, 6.07) is 0. The van der Waals surface area contributed by atoms with Crippen molar-refractivity contribution in [1.29, 1.82) is 0 Å². The Balaban J connectivity index is 4.76. The number of hydrogen-bond donors (Lipinski definition) is 2. The van der Waals surface area contributed by atoms with Gasteiger partial charge in [0.05, 0.1) is 6.61 Å². The minimum absolute atomic E-state index is 0.141. The second-order valence-electron chi connectivity index (χ2n) is 13.4. The molecule has 266 valence electrons. The van der Waals surface area contributed by atoms with Gasteiger partial charge in [-0.25, -0.2) is 0 Å². The van der Waals surface area contributed by atoms with E-state index in [0.717, 1.165) is 51.4 Å². The Morgan fingerprint density at radius 3 is 1.04 bits per heavy atom. The van der Waals surface area contributed by atoms with Crippen LogP contribution in [0.4, 0.5) is 0 Å². The molecule has 46 heavy (non-hydrogen) atoms. The van der Waals surface area contributed by atoms with Gasteiger partial charge < -0.3 is 10.2 Å². The third-order valence-corrected chi connectivity index (χ3v) is 9.39. The van der Waals surface area contributed by atoms with Gasteiger partial charge in [0.2, 0.25) is 12.6 Å². The first-order valence-electron chi connectivity index (χ1n) is 19.0. The molecule has 2 unspecified atom stereocenters. The summed E-state index contributed by atoms with van der Waals surface area (Å²) in [7, 11) is 0. The molecule has 0 amide bonds. The van der Waals surface area contributed by atoms with E-state index in [1.54, 1.807) is 0 Å².